The first-order valence-electron chi connectivity index (χ1n) is 6.23. The van der Waals surface area contributed by atoms with Crippen LogP contribution in [0.2, 0.25) is 0 Å². The average molecular weight is 268 g/mol. The summed E-state index contributed by atoms with van der Waals surface area (Å²) in [5, 5.41) is 12.1. The predicted octanol–water partition coefficient (Wildman–Crippen LogP) is 0.563. The molecule has 0 aromatic heterocycles. The van der Waals surface area contributed by atoms with Gasteiger partial charge in [-0.3, -0.25) is 9.69 Å². The van der Waals surface area contributed by atoms with Crippen molar-refractivity contribution < 1.29 is 19.0 Å². The molecule has 0 amide bonds. The molecule has 0 bridgehead atoms. The lowest BCUT2D eigenvalue weighted by Crippen LogP contribution is -2.55. The normalized spacial score (nSPS) is 20.2. The monoisotopic (exact) mass is 268 g/mol. The second kappa shape index (κ2) is 6.49. The van der Waals surface area contributed by atoms with Gasteiger partial charge in [-0.25, -0.2) is 4.39 Å². The van der Waals surface area contributed by atoms with Crippen LogP contribution in [0.15, 0.2) is 24.3 Å². The van der Waals surface area contributed by atoms with Crippen LogP contribution in [-0.2, 0) is 4.79 Å². The third-order valence-corrected chi connectivity index (χ3v) is 3.10. The van der Waals surface area contributed by atoms with Gasteiger partial charge >= 0.3 is 5.97 Å². The number of nitrogens with zero attached hydrogens (tertiary/aromatic N) is 1. The van der Waals surface area contributed by atoms with E-state index in [0.717, 1.165) is 6.54 Å². The molecule has 1 unspecified atom stereocenters. The number of carbonyl (C=O) groups is 1. The van der Waals surface area contributed by atoms with Gasteiger partial charge in [0.15, 0.2) is 0 Å². The van der Waals surface area contributed by atoms with Gasteiger partial charge in [-0.2, -0.15) is 0 Å². The lowest BCUT2D eigenvalue weighted by Gasteiger charge is -2.33. The molecule has 1 fully saturated rings. The highest BCUT2D eigenvalue weighted by atomic mass is 19.1. The van der Waals surface area contributed by atoms with Crippen molar-refractivity contribution in [3.05, 3.63) is 30.1 Å². The fourth-order valence-electron chi connectivity index (χ4n) is 2.07. The van der Waals surface area contributed by atoms with Crippen LogP contribution >= 0.6 is 0 Å². The van der Waals surface area contributed by atoms with Crippen molar-refractivity contribution in [2.75, 3.05) is 32.8 Å². The van der Waals surface area contributed by atoms with E-state index in [1.165, 1.54) is 12.1 Å². The van der Waals surface area contributed by atoms with E-state index < -0.39 is 12.0 Å². The van der Waals surface area contributed by atoms with Crippen molar-refractivity contribution in [1.82, 2.24) is 10.2 Å². The van der Waals surface area contributed by atoms with E-state index >= 15 is 0 Å². The molecule has 5 nitrogen and oxygen atoms in total. The lowest BCUT2D eigenvalue weighted by molar-refractivity contribution is -0.144. The number of ether oxygens (including phenoxy) is 1. The standard InChI is InChI=1S/C13H17FN2O3/c14-10-1-3-11(4-2-10)19-8-7-16-6-5-15-9-12(16)13(17)18/h1-4,12,15H,5-9H2,(H,17,18). The van der Waals surface area contributed by atoms with Crippen LogP contribution in [0.25, 0.3) is 0 Å². The molecular weight excluding hydrogens is 251 g/mol. The number of carboxylic acid groups (broad SMARTS) is 1. The highest BCUT2D eigenvalue weighted by molar-refractivity contribution is 5.73. The first-order valence-corrected chi connectivity index (χ1v) is 6.23. The van der Waals surface area contributed by atoms with Crippen molar-refractivity contribution >= 4 is 5.97 Å². The molecule has 19 heavy (non-hydrogen) atoms. The highest BCUT2D eigenvalue weighted by Crippen LogP contribution is 2.11. The number of nitrogens with one attached hydrogen (secondary N) is 1. The van der Waals surface area contributed by atoms with Gasteiger partial charge in [-0.05, 0) is 24.3 Å². The summed E-state index contributed by atoms with van der Waals surface area (Å²) in [6, 6.07) is 5.27. The fraction of sp³-hybridized carbons (Fsp3) is 0.462. The molecule has 6 heteroatoms. The number of piperazine rings is 1. The van der Waals surface area contributed by atoms with E-state index in [0.29, 0.717) is 32.0 Å². The fourth-order valence-corrected chi connectivity index (χ4v) is 2.07. The molecule has 1 aromatic carbocycles. The van der Waals surface area contributed by atoms with Gasteiger partial charge < -0.3 is 15.2 Å². The third-order valence-electron chi connectivity index (χ3n) is 3.10. The van der Waals surface area contributed by atoms with Crippen molar-refractivity contribution in [1.29, 1.82) is 0 Å². The van der Waals surface area contributed by atoms with Crippen molar-refractivity contribution in [3.63, 3.8) is 0 Å². The van der Waals surface area contributed by atoms with Gasteiger partial charge in [0.05, 0.1) is 0 Å². The molecule has 0 radical (unpaired) electrons. The Morgan fingerprint density at radius 3 is 2.89 bits per heavy atom. The smallest absolute Gasteiger partial charge is 0.322 e. The molecule has 1 saturated heterocycles. The van der Waals surface area contributed by atoms with Crippen LogP contribution in [0.1, 0.15) is 0 Å². The molecule has 1 heterocycles. The van der Waals surface area contributed by atoms with E-state index in [2.05, 4.69) is 5.32 Å². The molecular formula is C13H17FN2O3. The number of benzene rings is 1. The van der Waals surface area contributed by atoms with Crippen molar-refractivity contribution in [3.8, 4) is 5.75 Å². The summed E-state index contributed by atoms with van der Waals surface area (Å²) in [6.45, 7) is 2.83. The Kier molecular flexibility index (Phi) is 4.70. The maximum Gasteiger partial charge on any atom is 0.322 e. The molecule has 1 aromatic rings. The Morgan fingerprint density at radius 2 is 2.21 bits per heavy atom. The van der Waals surface area contributed by atoms with Crippen LogP contribution < -0.4 is 10.1 Å². The molecule has 0 saturated carbocycles. The zero-order chi connectivity index (χ0) is 13.7. The van der Waals surface area contributed by atoms with E-state index in [1.807, 2.05) is 4.90 Å². The summed E-state index contributed by atoms with van der Waals surface area (Å²) in [5.74, 6) is -0.544. The quantitative estimate of drug-likeness (QED) is 0.817. The van der Waals surface area contributed by atoms with Crippen LogP contribution in [0.4, 0.5) is 4.39 Å². The summed E-state index contributed by atoms with van der Waals surface area (Å²) in [4.78, 5) is 12.9. The Labute approximate surface area is 111 Å². The van der Waals surface area contributed by atoms with E-state index in [-0.39, 0.29) is 5.82 Å². The number of halogens is 1. The zero-order valence-electron chi connectivity index (χ0n) is 10.5. The zero-order valence-corrected chi connectivity index (χ0v) is 10.5. The summed E-state index contributed by atoms with van der Waals surface area (Å²) in [5.41, 5.74) is 0. The predicted molar refractivity (Wildman–Crippen MR) is 67.8 cm³/mol. The Morgan fingerprint density at radius 1 is 1.47 bits per heavy atom. The van der Waals surface area contributed by atoms with Crippen LogP contribution in [-0.4, -0.2) is 54.8 Å². The van der Waals surface area contributed by atoms with E-state index in [1.54, 1.807) is 12.1 Å². The number of hydrogen-bond donors (Lipinski definition) is 2. The first kappa shape index (κ1) is 13.8. The molecule has 1 aliphatic heterocycles. The molecule has 104 valence electrons. The van der Waals surface area contributed by atoms with Gasteiger partial charge in [-0.1, -0.05) is 0 Å². The minimum Gasteiger partial charge on any atom is -0.492 e. The Bertz CT molecular complexity index is 424. The van der Waals surface area contributed by atoms with E-state index in [4.69, 9.17) is 9.84 Å². The van der Waals surface area contributed by atoms with Crippen LogP contribution in [0.5, 0.6) is 5.75 Å². The molecule has 0 spiro atoms. The maximum absolute atomic E-state index is 12.7. The number of carboxylic acids is 1. The molecule has 2 rings (SSSR count). The number of hydrogen-bond acceptors (Lipinski definition) is 4. The van der Waals surface area contributed by atoms with E-state index in [9.17, 15) is 9.18 Å². The van der Waals surface area contributed by atoms with Crippen molar-refractivity contribution in [2.45, 2.75) is 6.04 Å². The number of rotatable bonds is 5. The van der Waals surface area contributed by atoms with Gasteiger partial charge in [0.25, 0.3) is 0 Å². The molecule has 1 aliphatic rings. The number of aliphatic carboxylic acids is 1. The van der Waals surface area contributed by atoms with Gasteiger partial charge in [0.2, 0.25) is 0 Å². The molecule has 2 N–H and O–H groups in total. The van der Waals surface area contributed by atoms with Gasteiger partial charge in [0.1, 0.15) is 24.2 Å². The minimum atomic E-state index is -0.825. The third kappa shape index (κ3) is 3.90. The first-order chi connectivity index (χ1) is 9.16. The molecule has 1 atom stereocenters. The van der Waals surface area contributed by atoms with Crippen LogP contribution in [0, 0.1) is 5.82 Å². The summed E-state index contributed by atoms with van der Waals surface area (Å²) in [6.07, 6.45) is 0. The van der Waals surface area contributed by atoms with Gasteiger partial charge in [0, 0.05) is 26.2 Å². The SMILES string of the molecule is O=C(O)C1CNCCN1CCOc1ccc(F)cc1. The maximum atomic E-state index is 12.7. The lowest BCUT2D eigenvalue weighted by atomic mass is 10.2. The highest BCUT2D eigenvalue weighted by Gasteiger charge is 2.27. The summed E-state index contributed by atoms with van der Waals surface area (Å²) < 4.78 is 18.2. The molecule has 0 aliphatic carbocycles. The Balaban J connectivity index is 1.80. The van der Waals surface area contributed by atoms with Crippen LogP contribution in [0.3, 0.4) is 0 Å². The second-order valence-electron chi connectivity index (χ2n) is 4.40. The van der Waals surface area contributed by atoms with Gasteiger partial charge in [-0.15, -0.1) is 0 Å². The summed E-state index contributed by atoms with van der Waals surface area (Å²) >= 11 is 0. The minimum absolute atomic E-state index is 0.305. The van der Waals surface area contributed by atoms with Crippen molar-refractivity contribution in [2.24, 2.45) is 0 Å². The largest absolute Gasteiger partial charge is 0.492 e. The second-order valence-corrected chi connectivity index (χ2v) is 4.40. The summed E-state index contributed by atoms with van der Waals surface area (Å²) in [7, 11) is 0. The average Bonchev–Trinajstić information content (AvgIpc) is 2.41. The Hall–Kier alpha value is -1.66. The topological polar surface area (TPSA) is 61.8 Å².